The average molecular weight is 353 g/mol. The highest BCUT2D eigenvalue weighted by Crippen LogP contribution is 2.14. The van der Waals surface area contributed by atoms with Gasteiger partial charge in [0.2, 0.25) is 0 Å². The van der Waals surface area contributed by atoms with Gasteiger partial charge in [-0.1, -0.05) is 19.3 Å². The van der Waals surface area contributed by atoms with Gasteiger partial charge < -0.3 is 19.8 Å². The van der Waals surface area contributed by atoms with Crippen LogP contribution in [0.5, 0.6) is 0 Å². The highest BCUT2D eigenvalue weighted by atomic mass is 16.5. The van der Waals surface area contributed by atoms with Crippen molar-refractivity contribution in [3.05, 3.63) is 17.5 Å². The second-order valence-corrected chi connectivity index (χ2v) is 6.86. The van der Waals surface area contributed by atoms with Crippen LogP contribution in [0, 0.1) is 6.92 Å². The molecular weight excluding hydrogens is 322 g/mol. The van der Waals surface area contributed by atoms with E-state index < -0.39 is 12.2 Å². The summed E-state index contributed by atoms with van der Waals surface area (Å²) < 4.78 is 7.06. The Kier molecular flexibility index (Phi) is 7.87. The summed E-state index contributed by atoms with van der Waals surface area (Å²) in [7, 11) is 1.80. The minimum Gasteiger partial charge on any atom is -0.390 e. The van der Waals surface area contributed by atoms with E-state index in [0.717, 1.165) is 32.1 Å². The fourth-order valence-corrected chi connectivity index (χ4v) is 3.13. The molecule has 0 unspecified atom stereocenters. The van der Waals surface area contributed by atoms with Crippen LogP contribution in [-0.2, 0) is 11.8 Å². The number of rotatable bonds is 1. The topological polar surface area (TPSA) is 87.8 Å². The fourth-order valence-electron chi connectivity index (χ4n) is 3.13. The Hall–Kier alpha value is -1.44. The van der Waals surface area contributed by atoms with E-state index in [9.17, 15) is 15.0 Å². The molecule has 2 rings (SSSR count). The van der Waals surface area contributed by atoms with Crippen molar-refractivity contribution in [3.8, 4) is 0 Å². The van der Waals surface area contributed by atoms with Gasteiger partial charge in [0.25, 0.3) is 5.91 Å². The molecule has 1 aliphatic rings. The Morgan fingerprint density at radius 1 is 1.16 bits per heavy atom. The van der Waals surface area contributed by atoms with Gasteiger partial charge in [-0.25, -0.2) is 0 Å². The molecule has 1 aliphatic heterocycles. The zero-order valence-electron chi connectivity index (χ0n) is 15.4. The predicted molar refractivity (Wildman–Crippen MR) is 94.4 cm³/mol. The SMILES string of the molecule is Cc1nn(C)cc1C(=O)N1CCCCCCCOC[C@@H](O)[C@@H](O)CC1. The number of ether oxygens (including phenoxy) is 1. The van der Waals surface area contributed by atoms with E-state index in [1.807, 2.05) is 6.92 Å². The first-order valence-electron chi connectivity index (χ1n) is 9.22. The highest BCUT2D eigenvalue weighted by molar-refractivity contribution is 5.95. The van der Waals surface area contributed by atoms with Crippen LogP contribution in [-0.4, -0.2) is 69.3 Å². The number of aromatic nitrogens is 2. The summed E-state index contributed by atoms with van der Waals surface area (Å²) >= 11 is 0. The largest absolute Gasteiger partial charge is 0.390 e. The molecule has 0 spiro atoms. The van der Waals surface area contributed by atoms with E-state index >= 15 is 0 Å². The minimum atomic E-state index is -0.917. The smallest absolute Gasteiger partial charge is 0.257 e. The first kappa shape index (κ1) is 19.9. The summed E-state index contributed by atoms with van der Waals surface area (Å²) in [5, 5.41) is 24.4. The standard InChI is InChI=1S/C18H31N3O4/c1-14-15(12-20(2)19-14)18(24)21-9-6-4-3-5-7-11-25-13-17(23)16(22)8-10-21/h12,16-17,22-23H,3-11,13H2,1-2H3/t16-,17+/m0/s1. The monoisotopic (exact) mass is 353 g/mol. The van der Waals surface area contributed by atoms with E-state index in [1.165, 1.54) is 0 Å². The van der Waals surface area contributed by atoms with E-state index in [1.54, 1.807) is 22.8 Å². The Morgan fingerprint density at radius 3 is 2.60 bits per heavy atom. The van der Waals surface area contributed by atoms with Crippen LogP contribution in [0.3, 0.4) is 0 Å². The van der Waals surface area contributed by atoms with Crippen molar-refractivity contribution in [3.63, 3.8) is 0 Å². The van der Waals surface area contributed by atoms with E-state index in [0.29, 0.717) is 37.4 Å². The van der Waals surface area contributed by atoms with Crippen molar-refractivity contribution in [2.45, 2.75) is 57.7 Å². The molecule has 1 aromatic rings. The molecule has 1 aromatic heterocycles. The molecule has 1 saturated heterocycles. The van der Waals surface area contributed by atoms with Crippen molar-refractivity contribution in [2.75, 3.05) is 26.3 Å². The molecule has 0 aromatic carbocycles. The molecule has 0 radical (unpaired) electrons. The average Bonchev–Trinajstić information content (AvgIpc) is 2.92. The maximum atomic E-state index is 12.9. The highest BCUT2D eigenvalue weighted by Gasteiger charge is 2.23. The molecule has 2 heterocycles. The Labute approximate surface area is 149 Å². The van der Waals surface area contributed by atoms with Crippen molar-refractivity contribution in [2.24, 2.45) is 7.05 Å². The van der Waals surface area contributed by atoms with Crippen LogP contribution in [0.2, 0.25) is 0 Å². The number of amides is 1. The number of aryl methyl sites for hydroxylation is 2. The molecule has 142 valence electrons. The molecule has 2 N–H and O–H groups in total. The first-order chi connectivity index (χ1) is 12.0. The third-order valence-corrected chi connectivity index (χ3v) is 4.68. The van der Waals surface area contributed by atoms with Gasteiger partial charge in [0.1, 0.15) is 6.10 Å². The van der Waals surface area contributed by atoms with Crippen LogP contribution >= 0.6 is 0 Å². The van der Waals surface area contributed by atoms with Crippen molar-refractivity contribution in [1.82, 2.24) is 14.7 Å². The van der Waals surface area contributed by atoms with Gasteiger partial charge in [-0.2, -0.15) is 5.10 Å². The summed E-state index contributed by atoms with van der Waals surface area (Å²) in [6.07, 6.45) is 5.41. The molecule has 1 fully saturated rings. The van der Waals surface area contributed by atoms with Gasteiger partial charge in [0, 0.05) is 32.9 Å². The van der Waals surface area contributed by atoms with E-state index in [4.69, 9.17) is 4.74 Å². The lowest BCUT2D eigenvalue weighted by Gasteiger charge is -2.26. The van der Waals surface area contributed by atoms with Gasteiger partial charge in [-0.05, 0) is 26.2 Å². The number of hydrogen-bond acceptors (Lipinski definition) is 5. The number of hydrogen-bond donors (Lipinski definition) is 2. The maximum Gasteiger partial charge on any atom is 0.257 e. The number of carbonyl (C=O) groups is 1. The lowest BCUT2D eigenvalue weighted by Crippen LogP contribution is -2.38. The minimum absolute atomic E-state index is 0.0596. The zero-order chi connectivity index (χ0) is 18.2. The van der Waals surface area contributed by atoms with E-state index in [2.05, 4.69) is 5.10 Å². The van der Waals surface area contributed by atoms with Gasteiger partial charge in [0.05, 0.1) is 24.0 Å². The normalized spacial score (nSPS) is 24.7. The molecule has 0 bridgehead atoms. The number of carbonyl (C=O) groups excluding carboxylic acids is 1. The number of nitrogens with zero attached hydrogens (tertiary/aromatic N) is 3. The summed E-state index contributed by atoms with van der Waals surface area (Å²) in [4.78, 5) is 14.6. The molecule has 7 heteroatoms. The van der Waals surface area contributed by atoms with Gasteiger partial charge in [0.15, 0.2) is 0 Å². The van der Waals surface area contributed by atoms with Crippen molar-refractivity contribution >= 4 is 5.91 Å². The molecule has 0 aliphatic carbocycles. The zero-order valence-corrected chi connectivity index (χ0v) is 15.4. The first-order valence-corrected chi connectivity index (χ1v) is 9.22. The maximum absolute atomic E-state index is 12.9. The number of aliphatic hydroxyl groups excluding tert-OH is 2. The third kappa shape index (κ3) is 6.09. The summed E-state index contributed by atoms with van der Waals surface area (Å²) in [5.41, 5.74) is 1.31. The van der Waals surface area contributed by atoms with Crippen LogP contribution in [0.1, 0.15) is 54.6 Å². The van der Waals surface area contributed by atoms with Crippen LogP contribution < -0.4 is 0 Å². The van der Waals surface area contributed by atoms with Crippen molar-refractivity contribution < 1.29 is 19.7 Å². The quantitative estimate of drug-likeness (QED) is 0.794. The Balaban J connectivity index is 2.04. The van der Waals surface area contributed by atoms with Crippen molar-refractivity contribution in [1.29, 1.82) is 0 Å². The second-order valence-electron chi connectivity index (χ2n) is 6.86. The molecule has 0 saturated carbocycles. The molecule has 25 heavy (non-hydrogen) atoms. The predicted octanol–water partition coefficient (Wildman–Crippen LogP) is 1.26. The Bertz CT molecular complexity index is 546. The summed E-state index contributed by atoms with van der Waals surface area (Å²) in [5.74, 6) is -0.0596. The molecule has 1 amide bonds. The fraction of sp³-hybridized carbons (Fsp3) is 0.778. The molecular formula is C18H31N3O4. The van der Waals surface area contributed by atoms with Gasteiger partial charge >= 0.3 is 0 Å². The summed E-state index contributed by atoms with van der Waals surface area (Å²) in [6.45, 7) is 3.65. The summed E-state index contributed by atoms with van der Waals surface area (Å²) in [6, 6.07) is 0. The molecule has 7 nitrogen and oxygen atoms in total. The lowest BCUT2D eigenvalue weighted by molar-refractivity contribution is -0.0434. The molecule has 2 atom stereocenters. The van der Waals surface area contributed by atoms with Crippen LogP contribution in [0.4, 0.5) is 0 Å². The lowest BCUT2D eigenvalue weighted by atomic mass is 10.1. The van der Waals surface area contributed by atoms with Crippen LogP contribution in [0.15, 0.2) is 6.20 Å². The van der Waals surface area contributed by atoms with Gasteiger partial charge in [-0.15, -0.1) is 0 Å². The van der Waals surface area contributed by atoms with Gasteiger partial charge in [-0.3, -0.25) is 9.48 Å². The second kappa shape index (κ2) is 9.89. The Morgan fingerprint density at radius 2 is 1.88 bits per heavy atom. The number of aliphatic hydroxyl groups is 2. The van der Waals surface area contributed by atoms with Crippen LogP contribution in [0.25, 0.3) is 0 Å². The third-order valence-electron chi connectivity index (χ3n) is 4.68. The van der Waals surface area contributed by atoms with E-state index in [-0.39, 0.29) is 12.5 Å².